The lowest BCUT2D eigenvalue weighted by Crippen LogP contribution is -2.36. The van der Waals surface area contributed by atoms with E-state index in [0.29, 0.717) is 5.02 Å². The van der Waals surface area contributed by atoms with Crippen LogP contribution in [0.5, 0.6) is 0 Å². The van der Waals surface area contributed by atoms with Crippen molar-refractivity contribution in [2.24, 2.45) is 4.47 Å². The van der Waals surface area contributed by atoms with Gasteiger partial charge in [0.05, 0.1) is 14.5 Å². The summed E-state index contributed by atoms with van der Waals surface area (Å²) in [6.45, 7) is 3.60. The fourth-order valence-electron chi connectivity index (χ4n) is 1.64. The van der Waals surface area contributed by atoms with Crippen LogP contribution in [0.2, 0.25) is 5.02 Å². The third-order valence-corrected chi connectivity index (χ3v) is 4.14. The molecule has 1 atom stereocenters. The van der Waals surface area contributed by atoms with Gasteiger partial charge in [-0.15, -0.1) is 0 Å². The molecule has 0 fully saturated rings. The van der Waals surface area contributed by atoms with Gasteiger partial charge in [0.2, 0.25) is 11.4 Å². The summed E-state index contributed by atoms with van der Waals surface area (Å²) < 4.78 is 29.6. The smallest absolute Gasteiger partial charge is 0.212 e. The predicted octanol–water partition coefficient (Wildman–Crippen LogP) is 2.66. The second-order valence-electron chi connectivity index (χ2n) is 4.13. The Morgan fingerprint density at radius 1 is 1.11 bits per heavy atom. The van der Waals surface area contributed by atoms with Gasteiger partial charge in [0, 0.05) is 35.9 Å². The summed E-state index contributed by atoms with van der Waals surface area (Å²) in [4.78, 5) is 0.118. The summed E-state index contributed by atoms with van der Waals surface area (Å²) in [6.07, 6.45) is 0. The lowest BCUT2D eigenvalue weighted by Gasteiger charge is -2.11. The molecule has 19 heavy (non-hydrogen) atoms. The fourth-order valence-corrected chi connectivity index (χ4v) is 2.81. The van der Waals surface area contributed by atoms with Crippen molar-refractivity contribution >= 4 is 21.6 Å². The van der Waals surface area contributed by atoms with Crippen molar-refractivity contribution in [1.29, 1.82) is 0 Å². The second-order valence-corrected chi connectivity index (χ2v) is 6.15. The average Bonchev–Trinajstić information content (AvgIpc) is 2.35. The van der Waals surface area contributed by atoms with Crippen LogP contribution in [-0.4, -0.2) is 8.76 Å². The first-order chi connectivity index (χ1) is 8.90. The standard InChI is InChI=1S/C13H13ClN2O2S/c1-10-4-3-5-11(2)16(10)15-19(17,18)13-8-6-12(14)7-9-13/h3-9H,1-2H3. The van der Waals surface area contributed by atoms with Gasteiger partial charge in [-0.05, 0) is 35.0 Å². The molecule has 0 aliphatic rings. The molecule has 100 valence electrons. The van der Waals surface area contributed by atoms with Crippen LogP contribution >= 0.6 is 11.6 Å². The van der Waals surface area contributed by atoms with E-state index in [0.717, 1.165) is 11.4 Å². The van der Waals surface area contributed by atoms with E-state index in [2.05, 4.69) is 4.47 Å². The van der Waals surface area contributed by atoms with Crippen molar-refractivity contribution in [2.75, 3.05) is 0 Å². The molecule has 0 spiro atoms. The number of halogens is 1. The first-order valence-electron chi connectivity index (χ1n) is 5.62. The van der Waals surface area contributed by atoms with Gasteiger partial charge < -0.3 is 4.55 Å². The predicted molar refractivity (Wildman–Crippen MR) is 72.6 cm³/mol. The summed E-state index contributed by atoms with van der Waals surface area (Å²) in [7, 11) is -3.75. The first kappa shape index (κ1) is 14.0. The van der Waals surface area contributed by atoms with Gasteiger partial charge in [0.1, 0.15) is 0 Å². The van der Waals surface area contributed by atoms with E-state index in [1.807, 2.05) is 6.07 Å². The minimum atomic E-state index is -3.75. The molecule has 2 aromatic rings. The zero-order valence-corrected chi connectivity index (χ0v) is 12.1. The average molecular weight is 297 g/mol. The zero-order chi connectivity index (χ0) is 14.0. The third kappa shape index (κ3) is 3.12. The van der Waals surface area contributed by atoms with Crippen LogP contribution in [0.25, 0.3) is 0 Å². The topological polar surface area (TPSA) is 56.4 Å². The van der Waals surface area contributed by atoms with Crippen LogP contribution in [0.3, 0.4) is 0 Å². The van der Waals surface area contributed by atoms with E-state index in [1.54, 1.807) is 26.0 Å². The van der Waals surface area contributed by atoms with Crippen LogP contribution in [0, 0.1) is 13.8 Å². The Morgan fingerprint density at radius 3 is 2.16 bits per heavy atom. The summed E-state index contributed by atoms with van der Waals surface area (Å²) in [5.74, 6) is 0. The molecule has 4 nitrogen and oxygen atoms in total. The quantitative estimate of drug-likeness (QED) is 0.800. The van der Waals surface area contributed by atoms with Gasteiger partial charge in [0.25, 0.3) is 0 Å². The normalized spacial score (nSPS) is 13.9. The van der Waals surface area contributed by atoms with E-state index in [4.69, 9.17) is 11.6 Å². The highest BCUT2D eigenvalue weighted by Crippen LogP contribution is 2.15. The molecule has 0 saturated heterocycles. The van der Waals surface area contributed by atoms with Gasteiger partial charge in [-0.3, -0.25) is 4.21 Å². The number of hydrogen-bond acceptors (Lipinski definition) is 3. The summed E-state index contributed by atoms with van der Waals surface area (Å²) in [5.41, 5.74) is 1.50. The number of pyridine rings is 1. The Hall–Kier alpha value is -1.43. The molecular formula is C13H13ClN2O2S. The lowest BCUT2D eigenvalue weighted by molar-refractivity contribution is -0.688. The maximum Gasteiger partial charge on any atom is 0.212 e. The maximum absolute atomic E-state index is 12.2. The highest BCUT2D eigenvalue weighted by molar-refractivity contribution is 7.88. The van der Waals surface area contributed by atoms with Crippen molar-refractivity contribution in [3.05, 3.63) is 58.9 Å². The van der Waals surface area contributed by atoms with Gasteiger partial charge in [-0.2, -0.15) is 0 Å². The molecule has 0 amide bonds. The number of rotatable bonds is 2. The molecule has 6 heteroatoms. The molecular weight excluding hydrogens is 284 g/mol. The maximum atomic E-state index is 12.2. The highest BCUT2D eigenvalue weighted by atomic mass is 35.5. The van der Waals surface area contributed by atoms with Crippen molar-refractivity contribution in [1.82, 2.24) is 0 Å². The summed E-state index contributed by atoms with van der Waals surface area (Å²) in [5, 5.41) is 0.485. The zero-order valence-electron chi connectivity index (χ0n) is 10.5. The number of hydrogen-bond donors (Lipinski definition) is 0. The van der Waals surface area contributed by atoms with Gasteiger partial charge in [-0.25, -0.2) is 0 Å². The van der Waals surface area contributed by atoms with Gasteiger partial charge in [-0.1, -0.05) is 11.6 Å². The molecule has 0 bridgehead atoms. The first-order valence-corrected chi connectivity index (χ1v) is 7.44. The van der Waals surface area contributed by atoms with E-state index in [-0.39, 0.29) is 4.90 Å². The summed E-state index contributed by atoms with van der Waals surface area (Å²) in [6, 6.07) is 11.4. The van der Waals surface area contributed by atoms with Crippen molar-refractivity contribution in [3.8, 4) is 0 Å². The molecule has 1 heterocycles. The molecule has 1 aromatic heterocycles. The molecule has 1 unspecified atom stereocenters. The van der Waals surface area contributed by atoms with Crippen LogP contribution in [0.1, 0.15) is 11.4 Å². The second kappa shape index (κ2) is 5.28. The highest BCUT2D eigenvalue weighted by Gasteiger charge is 2.12. The van der Waals surface area contributed by atoms with Crippen LogP contribution in [0.15, 0.2) is 51.8 Å². The van der Waals surface area contributed by atoms with E-state index < -0.39 is 10.0 Å². The number of aromatic nitrogens is 1. The Balaban J connectivity index is 2.58. The van der Waals surface area contributed by atoms with Crippen LogP contribution in [0.4, 0.5) is 0 Å². The van der Waals surface area contributed by atoms with E-state index in [9.17, 15) is 8.76 Å². The van der Waals surface area contributed by atoms with Crippen molar-refractivity contribution in [2.45, 2.75) is 18.7 Å². The molecule has 0 aliphatic heterocycles. The Labute approximate surface area is 117 Å². The Morgan fingerprint density at radius 2 is 1.63 bits per heavy atom. The molecule has 0 N–H and O–H groups in total. The van der Waals surface area contributed by atoms with Crippen molar-refractivity contribution < 1.29 is 13.4 Å². The monoisotopic (exact) mass is 296 g/mol. The number of benzene rings is 1. The van der Waals surface area contributed by atoms with E-state index >= 15 is 0 Å². The number of aryl methyl sites for hydroxylation is 2. The van der Waals surface area contributed by atoms with Crippen molar-refractivity contribution in [3.63, 3.8) is 0 Å². The molecule has 0 saturated carbocycles. The van der Waals surface area contributed by atoms with E-state index in [1.165, 1.54) is 28.9 Å². The summed E-state index contributed by atoms with van der Waals surface area (Å²) >= 11 is 5.74. The minimum absolute atomic E-state index is 0.118. The fraction of sp³-hybridized carbons (Fsp3) is 0.154. The van der Waals surface area contributed by atoms with Gasteiger partial charge in [0.15, 0.2) is 0 Å². The Bertz CT molecular complexity index is 700. The molecule has 0 radical (unpaired) electrons. The largest absolute Gasteiger partial charge is 0.756 e. The molecule has 0 aliphatic carbocycles. The Kier molecular flexibility index (Phi) is 3.89. The van der Waals surface area contributed by atoms with Gasteiger partial charge >= 0.3 is 0 Å². The third-order valence-electron chi connectivity index (χ3n) is 2.64. The van der Waals surface area contributed by atoms with Crippen LogP contribution < -0.4 is 4.68 Å². The molecule has 1 aromatic carbocycles. The molecule has 2 rings (SSSR count). The minimum Gasteiger partial charge on any atom is -0.756 e. The van der Waals surface area contributed by atoms with Crippen LogP contribution in [-0.2, 0) is 10.0 Å². The lowest BCUT2D eigenvalue weighted by atomic mass is 10.3. The SMILES string of the molecule is Cc1cccc(C)[n+]1N=S(=O)([O-])c1ccc(Cl)cc1. The number of nitrogens with zero attached hydrogens (tertiary/aromatic N) is 2.